The van der Waals surface area contributed by atoms with Crippen LogP contribution in [0.3, 0.4) is 0 Å². The van der Waals surface area contributed by atoms with Gasteiger partial charge in [-0.25, -0.2) is 0 Å². The van der Waals surface area contributed by atoms with Crippen molar-refractivity contribution in [1.29, 1.82) is 0 Å². The van der Waals surface area contributed by atoms with Crippen LogP contribution in [0.4, 0.5) is 0 Å². The van der Waals surface area contributed by atoms with Crippen LogP contribution in [-0.4, -0.2) is 67.3 Å². The first-order valence-electron chi connectivity index (χ1n) is 11.3. The first kappa shape index (κ1) is 19.2. The Kier molecular flexibility index (Phi) is 3.72. The lowest BCUT2D eigenvalue weighted by Gasteiger charge is -2.61. The van der Waals surface area contributed by atoms with E-state index in [2.05, 4.69) is 27.5 Å². The molecule has 2 bridgehead atoms. The number of nitrogens with zero attached hydrogens (tertiary/aromatic N) is 5. The lowest BCUT2D eigenvalue weighted by atomic mass is 9.49. The summed E-state index contributed by atoms with van der Waals surface area (Å²) in [7, 11) is 2.06. The number of hydrogen-bond acceptors (Lipinski definition) is 8. The predicted molar refractivity (Wildman–Crippen MR) is 116 cm³/mol. The van der Waals surface area contributed by atoms with Crippen molar-refractivity contribution in [3.63, 3.8) is 0 Å². The third-order valence-electron chi connectivity index (χ3n) is 8.15. The highest BCUT2D eigenvalue weighted by molar-refractivity contribution is 5.90. The van der Waals surface area contributed by atoms with Gasteiger partial charge < -0.3 is 19.5 Å². The van der Waals surface area contributed by atoms with Crippen LogP contribution in [0.1, 0.15) is 30.4 Å². The van der Waals surface area contributed by atoms with Gasteiger partial charge in [0.2, 0.25) is 0 Å². The molecule has 1 spiro atoms. The summed E-state index contributed by atoms with van der Waals surface area (Å²) in [5, 5.41) is 24.0. The summed E-state index contributed by atoms with van der Waals surface area (Å²) in [6.07, 6.45) is 1.45. The zero-order valence-corrected chi connectivity index (χ0v) is 18.1. The zero-order chi connectivity index (χ0) is 22.4. The molecule has 4 atom stereocenters. The quantitative estimate of drug-likeness (QED) is 0.651. The van der Waals surface area contributed by atoms with E-state index in [9.17, 15) is 9.90 Å². The van der Waals surface area contributed by atoms with Crippen molar-refractivity contribution >= 4 is 5.78 Å². The molecule has 1 unspecified atom stereocenters. The second-order valence-corrected chi connectivity index (χ2v) is 9.55. The Morgan fingerprint density at radius 3 is 2.88 bits per heavy atom. The fourth-order valence-electron chi connectivity index (χ4n) is 6.68. The topological polar surface area (TPSA) is 103 Å². The van der Waals surface area contributed by atoms with E-state index in [1.807, 2.05) is 42.5 Å². The van der Waals surface area contributed by atoms with Gasteiger partial charge in [-0.05, 0) is 67.0 Å². The molecule has 2 aliphatic carbocycles. The molecule has 3 heterocycles. The number of ether oxygens (including phenoxy) is 2. The highest BCUT2D eigenvalue weighted by Crippen LogP contribution is 2.64. The van der Waals surface area contributed by atoms with Crippen LogP contribution in [0.5, 0.6) is 17.5 Å². The van der Waals surface area contributed by atoms with E-state index >= 15 is 0 Å². The van der Waals surface area contributed by atoms with Crippen LogP contribution in [0.25, 0.3) is 5.69 Å². The van der Waals surface area contributed by atoms with Crippen LogP contribution in [0.15, 0.2) is 42.5 Å². The van der Waals surface area contributed by atoms with Gasteiger partial charge in [0.25, 0.3) is 0 Å². The predicted octanol–water partition coefficient (Wildman–Crippen LogP) is 1.81. The number of para-hydroxylation sites is 1. The average Bonchev–Trinajstić information content (AvgIpc) is 3.43. The van der Waals surface area contributed by atoms with Gasteiger partial charge in [0.15, 0.2) is 23.4 Å². The molecule has 0 radical (unpaired) electrons. The molecular formula is C24H23N5O4. The largest absolute Gasteiger partial charge is 0.477 e. The molecule has 2 aliphatic heterocycles. The van der Waals surface area contributed by atoms with Gasteiger partial charge in [-0.1, -0.05) is 29.4 Å². The van der Waals surface area contributed by atoms with E-state index in [0.717, 1.165) is 23.4 Å². The third-order valence-corrected chi connectivity index (χ3v) is 8.15. The van der Waals surface area contributed by atoms with Gasteiger partial charge in [-0.2, -0.15) is 4.68 Å². The number of carbonyl (C=O) groups excluding carboxylic acids is 1. The molecule has 1 N–H and O–H groups in total. The second kappa shape index (κ2) is 6.39. The Morgan fingerprint density at radius 1 is 1.18 bits per heavy atom. The van der Waals surface area contributed by atoms with Crippen LogP contribution in [0.2, 0.25) is 0 Å². The lowest BCUT2D eigenvalue weighted by Crippen LogP contribution is -2.76. The normalized spacial score (nSPS) is 31.8. The van der Waals surface area contributed by atoms with Crippen LogP contribution in [0, 0.1) is 0 Å². The maximum absolute atomic E-state index is 13.1. The molecule has 4 aliphatic rings. The maximum atomic E-state index is 13.1. The minimum atomic E-state index is -1.01. The molecule has 1 aromatic heterocycles. The number of piperidine rings is 1. The summed E-state index contributed by atoms with van der Waals surface area (Å²) >= 11 is 0. The van der Waals surface area contributed by atoms with Gasteiger partial charge in [0.05, 0.1) is 16.7 Å². The Labute approximate surface area is 189 Å². The number of aliphatic hydroxyl groups is 1. The van der Waals surface area contributed by atoms with Gasteiger partial charge >= 0.3 is 6.01 Å². The van der Waals surface area contributed by atoms with E-state index in [1.54, 1.807) is 0 Å². The fourth-order valence-corrected chi connectivity index (χ4v) is 6.68. The maximum Gasteiger partial charge on any atom is 0.346 e. The van der Waals surface area contributed by atoms with Crippen LogP contribution < -0.4 is 9.47 Å². The van der Waals surface area contributed by atoms with Crippen LogP contribution in [-0.2, 0) is 16.6 Å². The van der Waals surface area contributed by atoms with Gasteiger partial charge in [0.1, 0.15) is 0 Å². The van der Waals surface area contributed by atoms with E-state index in [0.29, 0.717) is 37.2 Å². The summed E-state index contributed by atoms with van der Waals surface area (Å²) < 4.78 is 14.1. The molecule has 0 amide bonds. The molecule has 9 nitrogen and oxygen atoms in total. The number of likely N-dealkylation sites (N-methyl/N-ethyl adjacent to an activating group) is 1. The average molecular weight is 445 g/mol. The number of benzene rings is 2. The van der Waals surface area contributed by atoms with Crippen molar-refractivity contribution in [2.24, 2.45) is 0 Å². The summed E-state index contributed by atoms with van der Waals surface area (Å²) in [4.78, 5) is 15.3. The molecule has 1 saturated heterocycles. The molecule has 3 aromatic rings. The number of carbonyl (C=O) groups is 1. The van der Waals surface area contributed by atoms with E-state index in [1.165, 1.54) is 4.68 Å². The first-order valence-corrected chi connectivity index (χ1v) is 11.3. The molecule has 168 valence electrons. The molecule has 1 saturated carbocycles. The molecule has 9 heteroatoms. The number of rotatable bonds is 3. The van der Waals surface area contributed by atoms with E-state index in [-0.39, 0.29) is 17.8 Å². The van der Waals surface area contributed by atoms with Crippen molar-refractivity contribution in [2.45, 2.75) is 48.8 Å². The summed E-state index contributed by atoms with van der Waals surface area (Å²) in [6.45, 7) is 0.802. The Balaban J connectivity index is 1.38. The lowest BCUT2D eigenvalue weighted by molar-refractivity contribution is -0.185. The molecule has 33 heavy (non-hydrogen) atoms. The standard InChI is InChI=1S/C24H23N5O4/c1-28-12-11-23-19-14-7-8-17(32-22-25-26-27-29(22)15-5-3-2-4-6-15)20(19)33-21(23)16(30)9-10-24(23,31)18(28)13-14/h2-8,18,21,31H,9-13H2,1H3/t18-,21?,23+,24-/m1/s1. The SMILES string of the molecule is CN1CC[C@]23c4c5ccc(Oc6nnnn6-c6ccccc6)c4OC2C(=O)CC[C@@]3(O)[C@H]1C5. The molecular weight excluding hydrogens is 422 g/mol. The summed E-state index contributed by atoms with van der Waals surface area (Å²) in [6, 6.07) is 13.5. The number of ketones is 1. The molecule has 7 rings (SSSR count). The number of Topliss-reactive ketones (excluding diaryl/α,β-unsaturated/α-hetero) is 1. The fraction of sp³-hybridized carbons (Fsp3) is 0.417. The van der Waals surface area contributed by atoms with E-state index < -0.39 is 17.1 Å². The number of tetrazole rings is 1. The third kappa shape index (κ3) is 2.28. The highest BCUT2D eigenvalue weighted by Gasteiger charge is 2.72. The minimum Gasteiger partial charge on any atom is -0.477 e. The van der Waals surface area contributed by atoms with Gasteiger partial charge in [-0.15, -0.1) is 0 Å². The number of aromatic nitrogens is 4. The smallest absolute Gasteiger partial charge is 0.346 e. The summed E-state index contributed by atoms with van der Waals surface area (Å²) in [5.74, 6) is 1.04. The zero-order valence-electron chi connectivity index (χ0n) is 18.1. The highest BCUT2D eigenvalue weighted by atomic mass is 16.5. The van der Waals surface area contributed by atoms with Crippen molar-refractivity contribution in [2.75, 3.05) is 13.6 Å². The summed E-state index contributed by atoms with van der Waals surface area (Å²) in [5.41, 5.74) is 1.05. The Bertz CT molecular complexity index is 1290. The number of likely N-dealkylation sites (tertiary alicyclic amines) is 1. The molecule has 2 fully saturated rings. The van der Waals surface area contributed by atoms with Crippen molar-refractivity contribution < 1.29 is 19.4 Å². The minimum absolute atomic E-state index is 0.0407. The van der Waals surface area contributed by atoms with Gasteiger partial charge in [0, 0.05) is 18.0 Å². The first-order chi connectivity index (χ1) is 16.0. The van der Waals surface area contributed by atoms with Crippen molar-refractivity contribution in [3.8, 4) is 23.2 Å². The Morgan fingerprint density at radius 2 is 2.03 bits per heavy atom. The van der Waals surface area contributed by atoms with Crippen LogP contribution >= 0.6 is 0 Å². The van der Waals surface area contributed by atoms with E-state index in [4.69, 9.17) is 9.47 Å². The monoisotopic (exact) mass is 445 g/mol. The second-order valence-electron chi connectivity index (χ2n) is 9.55. The van der Waals surface area contributed by atoms with Crippen molar-refractivity contribution in [3.05, 3.63) is 53.6 Å². The Hall–Kier alpha value is -3.30. The number of hydrogen-bond donors (Lipinski definition) is 1. The van der Waals surface area contributed by atoms with Gasteiger partial charge in [-0.3, -0.25) is 4.79 Å². The molecule has 2 aromatic carbocycles. The van der Waals surface area contributed by atoms with Crippen molar-refractivity contribution in [1.82, 2.24) is 25.1 Å².